The van der Waals surface area contributed by atoms with Crippen molar-refractivity contribution in [3.8, 4) is 11.5 Å². The molecule has 2 aromatic rings. The summed E-state index contributed by atoms with van der Waals surface area (Å²) in [7, 11) is 1.67. The van der Waals surface area contributed by atoms with Gasteiger partial charge in [-0.15, -0.1) is 0 Å². The second-order valence-electron chi connectivity index (χ2n) is 6.35. The molecule has 118 valence electrons. The quantitative estimate of drug-likeness (QED) is 0.847. The van der Waals surface area contributed by atoms with Gasteiger partial charge in [-0.25, -0.2) is 4.99 Å². The minimum absolute atomic E-state index is 0.395. The van der Waals surface area contributed by atoms with Crippen LogP contribution in [0, 0.1) is 13.8 Å². The van der Waals surface area contributed by atoms with E-state index in [1.54, 1.807) is 7.11 Å². The van der Waals surface area contributed by atoms with E-state index in [2.05, 4.69) is 18.0 Å². The van der Waals surface area contributed by atoms with Gasteiger partial charge in [0.25, 0.3) is 0 Å². The van der Waals surface area contributed by atoms with Crippen molar-refractivity contribution >= 4 is 5.71 Å². The maximum Gasteiger partial charge on any atom is 0.200 e. The summed E-state index contributed by atoms with van der Waals surface area (Å²) < 4.78 is 11.6. The van der Waals surface area contributed by atoms with Crippen molar-refractivity contribution in [2.24, 2.45) is 4.99 Å². The number of rotatable bonds is 2. The molecule has 2 aliphatic rings. The molecule has 0 bridgehead atoms. The van der Waals surface area contributed by atoms with Crippen LogP contribution in [0.15, 0.2) is 35.5 Å². The predicted molar refractivity (Wildman–Crippen MR) is 89.6 cm³/mol. The number of ether oxygens (including phenoxy) is 2. The highest BCUT2D eigenvalue weighted by molar-refractivity contribution is 6.15. The Morgan fingerprint density at radius 2 is 2.00 bits per heavy atom. The van der Waals surface area contributed by atoms with Crippen LogP contribution in [0.1, 0.15) is 41.6 Å². The monoisotopic (exact) mass is 308 g/mol. The summed E-state index contributed by atoms with van der Waals surface area (Å²) >= 11 is 0. The first-order chi connectivity index (χ1) is 11.1. The highest BCUT2D eigenvalue weighted by Crippen LogP contribution is 2.44. The Balaban J connectivity index is 1.87. The van der Waals surface area contributed by atoms with Gasteiger partial charge in [0.05, 0.1) is 12.8 Å². The van der Waals surface area contributed by atoms with Gasteiger partial charge in [0.2, 0.25) is 5.72 Å². The zero-order valence-corrected chi connectivity index (χ0v) is 13.7. The van der Waals surface area contributed by atoms with E-state index in [1.165, 1.54) is 5.56 Å². The van der Waals surface area contributed by atoms with E-state index in [-0.39, 0.29) is 0 Å². The van der Waals surface area contributed by atoms with Gasteiger partial charge in [0.15, 0.2) is 0 Å². The number of nitrogens with zero attached hydrogens (tertiary/aromatic N) is 2. The molecule has 0 atom stereocenters. The van der Waals surface area contributed by atoms with Crippen LogP contribution >= 0.6 is 0 Å². The molecule has 1 aromatic carbocycles. The molecular formula is C19H20N2O2. The molecule has 2 heterocycles. The fraction of sp³-hybridized carbons (Fsp3) is 0.368. The van der Waals surface area contributed by atoms with E-state index in [0.29, 0.717) is 0 Å². The number of fused-ring (bicyclic) bond motifs is 1. The number of hydrogen-bond donors (Lipinski definition) is 0. The van der Waals surface area contributed by atoms with Gasteiger partial charge < -0.3 is 9.47 Å². The van der Waals surface area contributed by atoms with Crippen LogP contribution in [0.2, 0.25) is 0 Å². The Kier molecular flexibility index (Phi) is 3.15. The summed E-state index contributed by atoms with van der Waals surface area (Å²) in [6.45, 7) is 4.11. The van der Waals surface area contributed by atoms with Crippen LogP contribution in [0.3, 0.4) is 0 Å². The molecular weight excluding hydrogens is 288 g/mol. The minimum Gasteiger partial charge on any atom is -0.497 e. The summed E-state index contributed by atoms with van der Waals surface area (Å²) in [6.07, 6.45) is 4.99. The first-order valence-electron chi connectivity index (χ1n) is 8.01. The SMILES string of the molecule is COc1ccc2c(c1)OC1(CCC1)N=C2c1cnc(C)c(C)c1. The van der Waals surface area contributed by atoms with Crippen molar-refractivity contribution in [2.75, 3.05) is 7.11 Å². The molecule has 4 nitrogen and oxygen atoms in total. The standard InChI is InChI=1S/C19H20N2O2/c1-12-9-14(11-20-13(12)2)18-16-6-5-15(22-3)10-17(16)23-19(21-18)7-4-8-19/h5-6,9-11H,4,7-8H2,1-3H3. The molecule has 1 saturated carbocycles. The smallest absolute Gasteiger partial charge is 0.200 e. The second kappa shape index (κ2) is 5.08. The average molecular weight is 308 g/mol. The molecule has 0 N–H and O–H groups in total. The van der Waals surface area contributed by atoms with Crippen LogP contribution in [0.5, 0.6) is 11.5 Å². The average Bonchev–Trinajstić information content (AvgIpc) is 2.54. The highest BCUT2D eigenvalue weighted by atomic mass is 16.5. The molecule has 0 radical (unpaired) electrons. The number of benzene rings is 1. The van der Waals surface area contributed by atoms with Gasteiger partial charge in [-0.2, -0.15) is 0 Å². The summed E-state index contributed by atoms with van der Waals surface area (Å²) in [5, 5.41) is 0. The zero-order chi connectivity index (χ0) is 16.0. The van der Waals surface area contributed by atoms with Gasteiger partial charge >= 0.3 is 0 Å². The number of pyridine rings is 1. The molecule has 1 spiro atoms. The Morgan fingerprint density at radius 3 is 2.65 bits per heavy atom. The number of aliphatic imine (C=N–C) groups is 1. The molecule has 4 rings (SSSR count). The lowest BCUT2D eigenvalue weighted by Gasteiger charge is -2.42. The lowest BCUT2D eigenvalue weighted by atomic mass is 9.86. The van der Waals surface area contributed by atoms with Gasteiger partial charge in [0.1, 0.15) is 11.5 Å². The van der Waals surface area contributed by atoms with Crippen molar-refractivity contribution < 1.29 is 9.47 Å². The van der Waals surface area contributed by atoms with Crippen LogP contribution < -0.4 is 9.47 Å². The van der Waals surface area contributed by atoms with E-state index in [4.69, 9.17) is 14.5 Å². The first-order valence-corrected chi connectivity index (χ1v) is 8.01. The van der Waals surface area contributed by atoms with Gasteiger partial charge in [-0.1, -0.05) is 0 Å². The third kappa shape index (κ3) is 2.29. The van der Waals surface area contributed by atoms with Crippen molar-refractivity contribution in [3.63, 3.8) is 0 Å². The van der Waals surface area contributed by atoms with Crippen molar-refractivity contribution in [3.05, 3.63) is 52.8 Å². The fourth-order valence-electron chi connectivity index (χ4n) is 3.09. The van der Waals surface area contributed by atoms with Crippen LogP contribution in [0.25, 0.3) is 0 Å². The molecule has 1 aliphatic heterocycles. The number of hydrogen-bond acceptors (Lipinski definition) is 4. The lowest BCUT2D eigenvalue weighted by molar-refractivity contribution is -0.00165. The zero-order valence-electron chi connectivity index (χ0n) is 13.7. The van der Waals surface area contributed by atoms with Crippen molar-refractivity contribution in [1.82, 2.24) is 4.98 Å². The maximum atomic E-state index is 6.22. The molecule has 1 fully saturated rings. The van der Waals surface area contributed by atoms with E-state index in [1.807, 2.05) is 31.3 Å². The second-order valence-corrected chi connectivity index (χ2v) is 6.35. The first kappa shape index (κ1) is 14.2. The Bertz CT molecular complexity index is 807. The van der Waals surface area contributed by atoms with Crippen LogP contribution in [0.4, 0.5) is 0 Å². The molecule has 0 saturated heterocycles. The summed E-state index contributed by atoms with van der Waals surface area (Å²) in [6, 6.07) is 8.09. The summed E-state index contributed by atoms with van der Waals surface area (Å²) in [4.78, 5) is 9.48. The van der Waals surface area contributed by atoms with Crippen LogP contribution in [-0.4, -0.2) is 23.5 Å². The third-order valence-electron chi connectivity index (χ3n) is 4.81. The Morgan fingerprint density at radius 1 is 1.17 bits per heavy atom. The molecule has 1 aliphatic carbocycles. The van der Waals surface area contributed by atoms with E-state index in [0.717, 1.165) is 53.3 Å². The highest BCUT2D eigenvalue weighted by Gasteiger charge is 2.43. The van der Waals surface area contributed by atoms with Gasteiger partial charge in [0, 0.05) is 41.9 Å². The maximum absolute atomic E-state index is 6.22. The van der Waals surface area contributed by atoms with Gasteiger partial charge in [-0.05, 0) is 44.0 Å². The molecule has 0 amide bonds. The van der Waals surface area contributed by atoms with E-state index < -0.39 is 5.72 Å². The fourth-order valence-corrected chi connectivity index (χ4v) is 3.09. The number of methoxy groups -OCH3 is 1. The third-order valence-corrected chi connectivity index (χ3v) is 4.81. The topological polar surface area (TPSA) is 43.7 Å². The molecule has 23 heavy (non-hydrogen) atoms. The van der Waals surface area contributed by atoms with Crippen molar-refractivity contribution in [1.29, 1.82) is 0 Å². The van der Waals surface area contributed by atoms with Crippen molar-refractivity contribution in [2.45, 2.75) is 38.8 Å². The number of aryl methyl sites for hydroxylation is 2. The van der Waals surface area contributed by atoms with Crippen LogP contribution in [-0.2, 0) is 0 Å². The largest absolute Gasteiger partial charge is 0.497 e. The number of aromatic nitrogens is 1. The summed E-state index contributed by atoms with van der Waals surface area (Å²) in [5.74, 6) is 1.66. The minimum atomic E-state index is -0.395. The predicted octanol–water partition coefficient (Wildman–Crippen LogP) is 3.82. The Labute approximate surface area is 136 Å². The molecule has 4 heteroatoms. The normalized spacial score (nSPS) is 17.8. The van der Waals surface area contributed by atoms with E-state index >= 15 is 0 Å². The summed E-state index contributed by atoms with van der Waals surface area (Å²) in [5.41, 5.74) is 4.86. The van der Waals surface area contributed by atoms with Gasteiger partial charge in [-0.3, -0.25) is 4.98 Å². The molecule has 1 aromatic heterocycles. The molecule has 0 unspecified atom stereocenters. The van der Waals surface area contributed by atoms with E-state index in [9.17, 15) is 0 Å². The Hall–Kier alpha value is -2.36. The lowest BCUT2D eigenvalue weighted by Crippen LogP contribution is -2.44.